The molecular weight excluding hydrogens is 344 g/mol. The fourth-order valence-corrected chi connectivity index (χ4v) is 4.06. The normalized spacial score (nSPS) is 18.8. The van der Waals surface area contributed by atoms with E-state index < -0.39 is 5.41 Å². The Labute approximate surface area is 161 Å². The molecule has 1 aliphatic carbocycles. The van der Waals surface area contributed by atoms with E-state index in [-0.39, 0.29) is 24.5 Å². The molecule has 0 unspecified atom stereocenters. The smallest absolute Gasteiger partial charge is 0.248 e. The van der Waals surface area contributed by atoms with E-state index in [2.05, 4.69) is 5.32 Å². The fraction of sp³-hybridized carbons (Fsp3) is 0.619. The molecule has 0 radical (unpaired) electrons. The summed E-state index contributed by atoms with van der Waals surface area (Å²) in [7, 11) is 1.64. The van der Waals surface area contributed by atoms with Crippen LogP contribution >= 0.6 is 0 Å². The average Bonchev–Trinajstić information content (AvgIpc) is 3.15. The van der Waals surface area contributed by atoms with Crippen molar-refractivity contribution in [3.05, 3.63) is 29.8 Å². The summed E-state index contributed by atoms with van der Waals surface area (Å²) in [4.78, 5) is 27.1. The molecule has 1 saturated heterocycles. The lowest BCUT2D eigenvalue weighted by molar-refractivity contribution is -0.156. The van der Waals surface area contributed by atoms with E-state index >= 15 is 0 Å². The van der Waals surface area contributed by atoms with Crippen LogP contribution in [0.4, 0.5) is 0 Å². The largest absolute Gasteiger partial charge is 0.497 e. The average molecular weight is 374 g/mol. The summed E-state index contributed by atoms with van der Waals surface area (Å²) in [5.74, 6) is 0.798. The first-order valence-electron chi connectivity index (χ1n) is 9.86. The van der Waals surface area contributed by atoms with Gasteiger partial charge in [0.15, 0.2) is 0 Å². The number of benzene rings is 1. The summed E-state index contributed by atoms with van der Waals surface area (Å²) in [6, 6.07) is 8.08. The molecule has 0 atom stereocenters. The summed E-state index contributed by atoms with van der Waals surface area (Å²) >= 11 is 0. The van der Waals surface area contributed by atoms with Crippen LogP contribution in [0.25, 0.3) is 0 Å². The van der Waals surface area contributed by atoms with Gasteiger partial charge in [-0.15, -0.1) is 0 Å². The van der Waals surface area contributed by atoms with Gasteiger partial charge in [0.25, 0.3) is 0 Å². The van der Waals surface area contributed by atoms with Gasteiger partial charge in [0.1, 0.15) is 12.4 Å². The van der Waals surface area contributed by atoms with E-state index in [1.165, 1.54) is 12.8 Å². The van der Waals surface area contributed by atoms with Gasteiger partial charge in [-0.2, -0.15) is 0 Å². The molecule has 1 N–H and O–H groups in total. The maximum Gasteiger partial charge on any atom is 0.248 e. The van der Waals surface area contributed by atoms with Gasteiger partial charge in [-0.1, -0.05) is 25.0 Å². The van der Waals surface area contributed by atoms with E-state index in [1.54, 1.807) is 12.0 Å². The number of amides is 2. The van der Waals surface area contributed by atoms with Gasteiger partial charge < -0.3 is 19.7 Å². The van der Waals surface area contributed by atoms with Gasteiger partial charge in [-0.05, 0) is 43.9 Å². The van der Waals surface area contributed by atoms with Gasteiger partial charge in [0.05, 0.1) is 12.5 Å². The molecule has 0 aromatic heterocycles. The summed E-state index contributed by atoms with van der Waals surface area (Å²) in [5.41, 5.74) is 0.476. The lowest BCUT2D eigenvalue weighted by atomic mass is 9.73. The Morgan fingerprint density at radius 3 is 2.67 bits per heavy atom. The number of carbonyl (C=O) groups is 2. The Morgan fingerprint density at radius 2 is 2.00 bits per heavy atom. The highest BCUT2D eigenvalue weighted by Crippen LogP contribution is 2.36. The first-order chi connectivity index (χ1) is 13.1. The second kappa shape index (κ2) is 8.74. The second-order valence-electron chi connectivity index (χ2n) is 7.65. The number of ether oxygens (including phenoxy) is 2. The van der Waals surface area contributed by atoms with Crippen LogP contribution in [0.5, 0.6) is 5.75 Å². The Balaban J connectivity index is 1.71. The zero-order valence-corrected chi connectivity index (χ0v) is 16.3. The number of rotatable bonds is 8. The number of nitrogens with one attached hydrogen (secondary N) is 1. The quantitative estimate of drug-likeness (QED) is 0.757. The molecule has 6 heteroatoms. The van der Waals surface area contributed by atoms with E-state index in [0.717, 1.165) is 24.2 Å². The van der Waals surface area contributed by atoms with Crippen molar-refractivity contribution in [1.82, 2.24) is 10.2 Å². The third-order valence-corrected chi connectivity index (χ3v) is 5.62. The van der Waals surface area contributed by atoms with Gasteiger partial charge >= 0.3 is 0 Å². The maximum atomic E-state index is 13.1. The molecular formula is C21H30N2O4. The summed E-state index contributed by atoms with van der Waals surface area (Å²) in [6.07, 6.45) is 5.04. The SMILES string of the molecule is CCOCC(=O)N1CC(Cc2cccc(OC)c2)(C(=O)NC2CCCC2)C1. The Bertz CT molecular complexity index is 664. The van der Waals surface area contributed by atoms with Crippen LogP contribution in [0.2, 0.25) is 0 Å². The molecule has 1 saturated carbocycles. The number of hydrogen-bond donors (Lipinski definition) is 1. The maximum absolute atomic E-state index is 13.1. The molecule has 1 heterocycles. The molecule has 2 aliphatic rings. The minimum absolute atomic E-state index is 0.0493. The number of likely N-dealkylation sites (tertiary alicyclic amines) is 1. The van der Waals surface area contributed by atoms with Crippen molar-refractivity contribution in [3.63, 3.8) is 0 Å². The van der Waals surface area contributed by atoms with Crippen molar-refractivity contribution in [2.24, 2.45) is 5.41 Å². The topological polar surface area (TPSA) is 67.9 Å². The summed E-state index contributed by atoms with van der Waals surface area (Å²) < 4.78 is 10.5. The van der Waals surface area contributed by atoms with Crippen LogP contribution in [0.3, 0.4) is 0 Å². The summed E-state index contributed by atoms with van der Waals surface area (Å²) in [6.45, 7) is 3.33. The van der Waals surface area contributed by atoms with Gasteiger partial charge in [0, 0.05) is 25.7 Å². The van der Waals surface area contributed by atoms with E-state index in [0.29, 0.717) is 26.1 Å². The molecule has 0 spiro atoms. The second-order valence-corrected chi connectivity index (χ2v) is 7.65. The highest BCUT2D eigenvalue weighted by atomic mass is 16.5. The van der Waals surface area contributed by atoms with Crippen molar-refractivity contribution in [2.75, 3.05) is 33.4 Å². The Morgan fingerprint density at radius 1 is 1.26 bits per heavy atom. The van der Waals surface area contributed by atoms with Crippen LogP contribution in [0.15, 0.2) is 24.3 Å². The third-order valence-electron chi connectivity index (χ3n) is 5.62. The predicted octanol–water partition coefficient (Wildman–Crippen LogP) is 2.16. The van der Waals surface area contributed by atoms with Gasteiger partial charge in [-0.25, -0.2) is 0 Å². The molecule has 148 valence electrons. The van der Waals surface area contributed by atoms with E-state index in [1.807, 2.05) is 31.2 Å². The highest BCUT2D eigenvalue weighted by molar-refractivity contribution is 5.88. The van der Waals surface area contributed by atoms with Crippen LogP contribution in [0.1, 0.15) is 38.2 Å². The van der Waals surface area contributed by atoms with Crippen LogP contribution in [0, 0.1) is 5.41 Å². The zero-order valence-electron chi connectivity index (χ0n) is 16.3. The first kappa shape index (κ1) is 19.7. The minimum atomic E-state index is -0.573. The Hall–Kier alpha value is -2.08. The lowest BCUT2D eigenvalue weighted by Crippen LogP contribution is -2.66. The van der Waals surface area contributed by atoms with E-state index in [4.69, 9.17) is 9.47 Å². The van der Waals surface area contributed by atoms with Crippen LogP contribution in [-0.2, 0) is 20.7 Å². The molecule has 1 aliphatic heterocycles. The molecule has 6 nitrogen and oxygen atoms in total. The molecule has 3 rings (SSSR count). The van der Waals surface area contributed by atoms with Gasteiger partial charge in [0.2, 0.25) is 11.8 Å². The van der Waals surface area contributed by atoms with Crippen LogP contribution < -0.4 is 10.1 Å². The minimum Gasteiger partial charge on any atom is -0.497 e. The van der Waals surface area contributed by atoms with Crippen molar-refractivity contribution < 1.29 is 19.1 Å². The van der Waals surface area contributed by atoms with E-state index in [9.17, 15) is 9.59 Å². The van der Waals surface area contributed by atoms with Crippen molar-refractivity contribution in [3.8, 4) is 5.75 Å². The molecule has 2 amide bonds. The number of methoxy groups -OCH3 is 1. The zero-order chi connectivity index (χ0) is 19.3. The molecule has 1 aromatic carbocycles. The standard InChI is InChI=1S/C21H30N2O4/c1-3-27-13-19(24)23-14-21(15-23,20(25)22-17-8-4-5-9-17)12-16-7-6-10-18(11-16)26-2/h6-7,10-11,17H,3-5,8-9,12-15H2,1-2H3,(H,22,25). The highest BCUT2D eigenvalue weighted by Gasteiger charge is 2.51. The van der Waals surface area contributed by atoms with Gasteiger partial charge in [-0.3, -0.25) is 9.59 Å². The van der Waals surface area contributed by atoms with Crippen molar-refractivity contribution >= 4 is 11.8 Å². The molecule has 1 aromatic rings. The Kier molecular flexibility index (Phi) is 6.37. The van der Waals surface area contributed by atoms with Crippen molar-refractivity contribution in [2.45, 2.75) is 45.1 Å². The third kappa shape index (κ3) is 4.61. The molecule has 0 bridgehead atoms. The molecule has 2 fully saturated rings. The monoisotopic (exact) mass is 374 g/mol. The lowest BCUT2D eigenvalue weighted by Gasteiger charge is -2.49. The molecule has 27 heavy (non-hydrogen) atoms. The first-order valence-corrected chi connectivity index (χ1v) is 9.86. The summed E-state index contributed by atoms with van der Waals surface area (Å²) in [5, 5.41) is 3.23. The predicted molar refractivity (Wildman–Crippen MR) is 103 cm³/mol. The van der Waals surface area contributed by atoms with Crippen molar-refractivity contribution in [1.29, 1.82) is 0 Å². The van der Waals surface area contributed by atoms with Crippen LogP contribution in [-0.4, -0.2) is 56.2 Å². The number of hydrogen-bond acceptors (Lipinski definition) is 4. The number of nitrogens with zero attached hydrogens (tertiary/aromatic N) is 1. The fourth-order valence-electron chi connectivity index (χ4n) is 4.06. The number of carbonyl (C=O) groups excluding carboxylic acids is 2.